The summed E-state index contributed by atoms with van der Waals surface area (Å²) in [4.78, 5) is 21.3. The molecule has 3 aromatic heterocycles. The number of anilines is 1. The number of para-hydroxylation sites is 2. The predicted octanol–water partition coefficient (Wildman–Crippen LogP) is 2.37. The number of nitrogens with zero attached hydrogens (tertiary/aromatic N) is 5. The van der Waals surface area contributed by atoms with Gasteiger partial charge < -0.3 is 16.0 Å². The topological polar surface area (TPSA) is 110 Å². The van der Waals surface area contributed by atoms with Crippen molar-refractivity contribution in [2.75, 3.05) is 5.32 Å². The second-order valence-corrected chi connectivity index (χ2v) is 6.77. The van der Waals surface area contributed by atoms with Crippen LogP contribution in [0.1, 0.15) is 25.7 Å². The first-order valence-electron chi connectivity index (χ1n) is 8.95. The van der Waals surface area contributed by atoms with Crippen molar-refractivity contribution in [3.63, 3.8) is 0 Å². The normalized spacial score (nSPS) is 20.7. The molecule has 0 spiro atoms. The highest BCUT2D eigenvalue weighted by atomic mass is 15.2. The minimum atomic E-state index is 0.125. The van der Waals surface area contributed by atoms with Crippen LogP contribution >= 0.6 is 0 Å². The fraction of sp³-hybridized carbons (Fsp3) is 0.333. The van der Waals surface area contributed by atoms with Crippen molar-refractivity contribution in [2.45, 2.75) is 37.8 Å². The summed E-state index contributed by atoms with van der Waals surface area (Å²) in [7, 11) is 0. The lowest BCUT2D eigenvalue weighted by Crippen LogP contribution is -2.43. The standard InChI is InChI=1S/C18H20N8/c19-11-5-1-2-6-12(11)23-18-24-16-15(20-9-21-16)17(25-18)26-10-22-13-7-3-4-8-14(13)26/h3-4,7-12H,1-2,5-6,19H2,(H2,20,21,23,24,25)/t11-,12-/m1/s1. The molecule has 1 saturated carbocycles. The van der Waals surface area contributed by atoms with Gasteiger partial charge in [-0.15, -0.1) is 0 Å². The summed E-state index contributed by atoms with van der Waals surface area (Å²) in [5.74, 6) is 1.29. The molecule has 0 unspecified atom stereocenters. The maximum atomic E-state index is 6.27. The Bertz CT molecular complexity index is 1070. The maximum Gasteiger partial charge on any atom is 0.227 e. The summed E-state index contributed by atoms with van der Waals surface area (Å²) in [5, 5.41) is 3.43. The average Bonchev–Trinajstić information content (AvgIpc) is 3.30. The SMILES string of the molecule is N[C@@H]1CCCC[C@H]1Nc1nc(-n2cnc3ccccc32)c2[nH]cnc2n1. The third kappa shape index (κ3) is 2.50. The van der Waals surface area contributed by atoms with Gasteiger partial charge in [-0.2, -0.15) is 9.97 Å². The Balaban J connectivity index is 1.61. The van der Waals surface area contributed by atoms with Crippen LogP contribution in [-0.4, -0.2) is 41.6 Å². The van der Waals surface area contributed by atoms with Crippen LogP contribution in [0.5, 0.6) is 0 Å². The molecule has 132 valence electrons. The lowest BCUT2D eigenvalue weighted by molar-refractivity contribution is 0.402. The molecule has 3 heterocycles. The molecule has 0 aliphatic heterocycles. The Hall–Kier alpha value is -3.00. The fourth-order valence-electron chi connectivity index (χ4n) is 3.69. The molecule has 8 heteroatoms. The smallest absolute Gasteiger partial charge is 0.227 e. The van der Waals surface area contributed by atoms with Gasteiger partial charge in [-0.25, -0.2) is 9.97 Å². The van der Waals surface area contributed by atoms with Crippen molar-refractivity contribution in [1.82, 2.24) is 29.5 Å². The van der Waals surface area contributed by atoms with E-state index in [9.17, 15) is 0 Å². The zero-order valence-electron chi connectivity index (χ0n) is 14.3. The van der Waals surface area contributed by atoms with E-state index in [1.54, 1.807) is 12.7 Å². The van der Waals surface area contributed by atoms with Gasteiger partial charge in [0.05, 0.1) is 17.4 Å². The average molecular weight is 348 g/mol. The van der Waals surface area contributed by atoms with Crippen LogP contribution in [0.3, 0.4) is 0 Å². The quantitative estimate of drug-likeness (QED) is 0.524. The van der Waals surface area contributed by atoms with Crippen molar-refractivity contribution < 1.29 is 0 Å². The van der Waals surface area contributed by atoms with E-state index in [1.807, 2.05) is 28.8 Å². The van der Waals surface area contributed by atoms with Gasteiger partial charge >= 0.3 is 0 Å². The van der Waals surface area contributed by atoms with Crippen molar-refractivity contribution in [3.8, 4) is 5.82 Å². The Labute approximate surface area is 149 Å². The number of rotatable bonds is 3. The van der Waals surface area contributed by atoms with E-state index in [4.69, 9.17) is 10.7 Å². The summed E-state index contributed by atoms with van der Waals surface area (Å²) in [5.41, 5.74) is 9.59. The number of nitrogens with two attached hydrogens (primary N) is 1. The molecule has 1 aliphatic rings. The van der Waals surface area contributed by atoms with Gasteiger partial charge in [-0.1, -0.05) is 25.0 Å². The van der Waals surface area contributed by atoms with E-state index in [0.29, 0.717) is 11.6 Å². The van der Waals surface area contributed by atoms with Gasteiger partial charge in [-0.3, -0.25) is 4.57 Å². The summed E-state index contributed by atoms with van der Waals surface area (Å²) in [6.45, 7) is 0. The van der Waals surface area contributed by atoms with Gasteiger partial charge in [-0.05, 0) is 25.0 Å². The highest BCUT2D eigenvalue weighted by Gasteiger charge is 2.23. The zero-order chi connectivity index (χ0) is 17.5. The van der Waals surface area contributed by atoms with E-state index in [1.165, 1.54) is 12.8 Å². The van der Waals surface area contributed by atoms with Crippen molar-refractivity contribution >= 4 is 28.1 Å². The zero-order valence-corrected chi connectivity index (χ0v) is 14.3. The van der Waals surface area contributed by atoms with Gasteiger partial charge in [0.2, 0.25) is 5.95 Å². The summed E-state index contributed by atoms with van der Waals surface area (Å²) in [6, 6.07) is 8.29. The third-order valence-corrected chi connectivity index (χ3v) is 5.08. The molecular weight excluding hydrogens is 328 g/mol. The molecule has 1 aromatic carbocycles. The molecule has 1 fully saturated rings. The first-order valence-corrected chi connectivity index (χ1v) is 8.95. The van der Waals surface area contributed by atoms with Gasteiger partial charge in [0.1, 0.15) is 11.8 Å². The van der Waals surface area contributed by atoms with E-state index in [2.05, 4.69) is 25.3 Å². The van der Waals surface area contributed by atoms with Crippen LogP contribution in [0.2, 0.25) is 0 Å². The molecule has 0 amide bonds. The lowest BCUT2D eigenvalue weighted by Gasteiger charge is -2.29. The molecule has 0 radical (unpaired) electrons. The van der Waals surface area contributed by atoms with E-state index in [0.717, 1.165) is 35.2 Å². The number of hydrogen-bond acceptors (Lipinski definition) is 6. The molecule has 0 bridgehead atoms. The lowest BCUT2D eigenvalue weighted by atomic mass is 9.91. The molecule has 0 saturated heterocycles. The Morgan fingerprint density at radius 2 is 2.00 bits per heavy atom. The van der Waals surface area contributed by atoms with Crippen LogP contribution in [0.4, 0.5) is 5.95 Å². The second kappa shape index (κ2) is 6.06. The van der Waals surface area contributed by atoms with Crippen LogP contribution in [-0.2, 0) is 0 Å². The predicted molar refractivity (Wildman–Crippen MR) is 100 cm³/mol. The molecule has 8 nitrogen and oxygen atoms in total. The van der Waals surface area contributed by atoms with Crippen LogP contribution in [0.25, 0.3) is 28.0 Å². The van der Waals surface area contributed by atoms with Gasteiger partial charge in [0.15, 0.2) is 11.5 Å². The van der Waals surface area contributed by atoms with Gasteiger partial charge in [0, 0.05) is 12.1 Å². The monoisotopic (exact) mass is 348 g/mol. The fourth-order valence-corrected chi connectivity index (χ4v) is 3.69. The van der Waals surface area contributed by atoms with E-state index >= 15 is 0 Å². The molecule has 2 atom stereocenters. The minimum Gasteiger partial charge on any atom is -0.350 e. The maximum absolute atomic E-state index is 6.27. The first kappa shape index (κ1) is 15.3. The largest absolute Gasteiger partial charge is 0.350 e. The summed E-state index contributed by atoms with van der Waals surface area (Å²) >= 11 is 0. The first-order chi connectivity index (χ1) is 12.8. The third-order valence-electron chi connectivity index (χ3n) is 5.08. The van der Waals surface area contributed by atoms with Crippen LogP contribution in [0.15, 0.2) is 36.9 Å². The number of hydrogen-bond donors (Lipinski definition) is 3. The highest BCUT2D eigenvalue weighted by Crippen LogP contribution is 2.24. The number of H-pyrrole nitrogens is 1. The number of imidazole rings is 2. The highest BCUT2D eigenvalue weighted by molar-refractivity contribution is 5.84. The van der Waals surface area contributed by atoms with Crippen LogP contribution < -0.4 is 11.1 Å². The summed E-state index contributed by atoms with van der Waals surface area (Å²) in [6.07, 6.45) is 7.84. The molecular formula is C18H20N8. The molecule has 5 rings (SSSR count). The van der Waals surface area contributed by atoms with Crippen LogP contribution in [0, 0.1) is 0 Å². The second-order valence-electron chi connectivity index (χ2n) is 6.77. The Kier molecular flexibility index (Phi) is 3.56. The molecule has 4 N–H and O–H groups in total. The Morgan fingerprint density at radius 1 is 1.12 bits per heavy atom. The number of aromatic nitrogens is 6. The van der Waals surface area contributed by atoms with Crippen molar-refractivity contribution in [2.24, 2.45) is 5.73 Å². The van der Waals surface area contributed by atoms with Crippen molar-refractivity contribution in [3.05, 3.63) is 36.9 Å². The minimum absolute atomic E-state index is 0.125. The van der Waals surface area contributed by atoms with E-state index < -0.39 is 0 Å². The number of aromatic amines is 1. The van der Waals surface area contributed by atoms with Gasteiger partial charge in [0.25, 0.3) is 0 Å². The number of benzene rings is 1. The molecule has 1 aliphatic carbocycles. The molecule has 26 heavy (non-hydrogen) atoms. The van der Waals surface area contributed by atoms with E-state index in [-0.39, 0.29) is 12.1 Å². The summed E-state index contributed by atoms with van der Waals surface area (Å²) < 4.78 is 1.96. The molecule has 4 aromatic rings. The number of fused-ring (bicyclic) bond motifs is 2. The van der Waals surface area contributed by atoms with Crippen molar-refractivity contribution in [1.29, 1.82) is 0 Å². The Morgan fingerprint density at radius 3 is 2.92 bits per heavy atom. The number of nitrogens with one attached hydrogen (secondary N) is 2.